The Labute approximate surface area is 111 Å². The number of phenolic OH excluding ortho intramolecular Hbond substituents is 1. The molecule has 1 aromatic carbocycles. The summed E-state index contributed by atoms with van der Waals surface area (Å²) < 4.78 is 0. The first-order chi connectivity index (χ1) is 9.10. The molecule has 0 saturated heterocycles. The summed E-state index contributed by atoms with van der Waals surface area (Å²) in [7, 11) is 0. The van der Waals surface area contributed by atoms with E-state index in [1.165, 1.54) is 12.3 Å². The van der Waals surface area contributed by atoms with Gasteiger partial charge >= 0.3 is 0 Å². The van der Waals surface area contributed by atoms with E-state index < -0.39 is 0 Å². The number of carbonyl (C=O) groups excluding carboxylic acids is 1. The molecule has 0 saturated carbocycles. The Morgan fingerprint density at radius 1 is 1.37 bits per heavy atom. The zero-order chi connectivity index (χ0) is 13.8. The normalized spacial score (nSPS) is 10.2. The standard InChI is InChI=1S/C14H15N3O2/c1-2-9-3-6-13(18)12(7-9)17-14(19)11-5-4-10(15)8-16-11/h3-8,18H,2,15H2,1H3,(H,17,19). The Bertz CT molecular complexity index is 594. The Morgan fingerprint density at radius 2 is 2.16 bits per heavy atom. The number of benzene rings is 1. The summed E-state index contributed by atoms with van der Waals surface area (Å²) in [5.74, 6) is -0.357. The molecule has 1 aromatic heterocycles. The highest BCUT2D eigenvalue weighted by Gasteiger charge is 2.10. The number of rotatable bonds is 3. The van der Waals surface area contributed by atoms with Crippen LogP contribution in [0.1, 0.15) is 23.0 Å². The van der Waals surface area contributed by atoms with E-state index in [-0.39, 0.29) is 17.4 Å². The monoisotopic (exact) mass is 257 g/mol. The summed E-state index contributed by atoms with van der Waals surface area (Å²) in [6, 6.07) is 8.25. The molecule has 0 aliphatic rings. The van der Waals surface area contributed by atoms with E-state index >= 15 is 0 Å². The van der Waals surface area contributed by atoms with E-state index in [0.717, 1.165) is 12.0 Å². The molecule has 0 aliphatic carbocycles. The minimum atomic E-state index is -0.386. The highest BCUT2D eigenvalue weighted by atomic mass is 16.3. The minimum absolute atomic E-state index is 0.0287. The van der Waals surface area contributed by atoms with E-state index in [9.17, 15) is 9.90 Å². The first-order valence-electron chi connectivity index (χ1n) is 5.95. The van der Waals surface area contributed by atoms with Crippen LogP contribution in [0, 0.1) is 0 Å². The van der Waals surface area contributed by atoms with Crippen molar-refractivity contribution in [1.29, 1.82) is 0 Å². The molecule has 19 heavy (non-hydrogen) atoms. The number of pyridine rings is 1. The summed E-state index contributed by atoms with van der Waals surface area (Å²) in [5, 5.41) is 12.3. The van der Waals surface area contributed by atoms with Gasteiger partial charge in [-0.15, -0.1) is 0 Å². The van der Waals surface area contributed by atoms with Crippen LogP contribution in [0.25, 0.3) is 0 Å². The lowest BCUT2D eigenvalue weighted by molar-refractivity contribution is 0.102. The smallest absolute Gasteiger partial charge is 0.274 e. The van der Waals surface area contributed by atoms with Crippen LogP contribution >= 0.6 is 0 Å². The quantitative estimate of drug-likeness (QED) is 0.735. The Morgan fingerprint density at radius 3 is 2.79 bits per heavy atom. The summed E-state index contributed by atoms with van der Waals surface area (Å²) in [6.45, 7) is 2.00. The molecule has 4 N–H and O–H groups in total. The Kier molecular flexibility index (Phi) is 3.66. The molecule has 0 atom stereocenters. The van der Waals surface area contributed by atoms with Gasteiger partial charge in [-0.3, -0.25) is 4.79 Å². The highest BCUT2D eigenvalue weighted by molar-refractivity contribution is 6.03. The predicted octanol–water partition coefficient (Wildman–Crippen LogP) is 2.18. The molecule has 0 aliphatic heterocycles. The van der Waals surface area contributed by atoms with Gasteiger partial charge in [0.2, 0.25) is 0 Å². The number of aromatic hydroxyl groups is 1. The van der Waals surface area contributed by atoms with Gasteiger partial charge in [0.25, 0.3) is 5.91 Å². The van der Waals surface area contributed by atoms with Gasteiger partial charge in [-0.2, -0.15) is 0 Å². The summed E-state index contributed by atoms with van der Waals surface area (Å²) in [4.78, 5) is 15.9. The number of aryl methyl sites for hydroxylation is 1. The number of hydrogen-bond donors (Lipinski definition) is 3. The molecular weight excluding hydrogens is 242 g/mol. The third-order valence-corrected chi connectivity index (χ3v) is 2.74. The average molecular weight is 257 g/mol. The van der Waals surface area contributed by atoms with Crippen molar-refractivity contribution in [2.24, 2.45) is 0 Å². The molecule has 5 nitrogen and oxygen atoms in total. The second-order valence-electron chi connectivity index (χ2n) is 4.14. The number of amides is 1. The Hall–Kier alpha value is -2.56. The third kappa shape index (κ3) is 3.01. The van der Waals surface area contributed by atoms with Crippen LogP contribution in [-0.4, -0.2) is 16.0 Å². The fourth-order valence-corrected chi connectivity index (χ4v) is 1.63. The van der Waals surface area contributed by atoms with Crippen molar-refractivity contribution in [3.63, 3.8) is 0 Å². The van der Waals surface area contributed by atoms with Crippen LogP contribution in [0.4, 0.5) is 11.4 Å². The molecular formula is C14H15N3O2. The van der Waals surface area contributed by atoms with Crippen LogP contribution < -0.4 is 11.1 Å². The molecule has 1 heterocycles. The number of nitrogen functional groups attached to an aromatic ring is 1. The van der Waals surface area contributed by atoms with Gasteiger partial charge in [0.1, 0.15) is 11.4 Å². The van der Waals surface area contributed by atoms with Gasteiger partial charge in [0, 0.05) is 0 Å². The van der Waals surface area contributed by atoms with Crippen molar-refractivity contribution in [2.75, 3.05) is 11.1 Å². The van der Waals surface area contributed by atoms with Crippen LogP contribution in [0.2, 0.25) is 0 Å². The zero-order valence-corrected chi connectivity index (χ0v) is 10.6. The van der Waals surface area contributed by atoms with Crippen LogP contribution in [0.3, 0.4) is 0 Å². The van der Waals surface area contributed by atoms with Gasteiger partial charge in [-0.05, 0) is 36.2 Å². The largest absolute Gasteiger partial charge is 0.506 e. The van der Waals surface area contributed by atoms with Gasteiger partial charge in [0.05, 0.1) is 17.6 Å². The number of nitrogens with one attached hydrogen (secondary N) is 1. The number of nitrogens with two attached hydrogens (primary N) is 1. The summed E-state index contributed by atoms with van der Waals surface area (Å²) >= 11 is 0. The van der Waals surface area contributed by atoms with Crippen LogP contribution in [0.5, 0.6) is 5.75 Å². The van der Waals surface area contributed by atoms with Crippen molar-refractivity contribution in [3.05, 3.63) is 47.8 Å². The van der Waals surface area contributed by atoms with E-state index in [4.69, 9.17) is 5.73 Å². The average Bonchev–Trinajstić information content (AvgIpc) is 2.42. The van der Waals surface area contributed by atoms with Gasteiger partial charge in [-0.1, -0.05) is 13.0 Å². The molecule has 0 fully saturated rings. The fourth-order valence-electron chi connectivity index (χ4n) is 1.63. The molecule has 0 unspecified atom stereocenters. The molecule has 0 radical (unpaired) electrons. The minimum Gasteiger partial charge on any atom is -0.506 e. The number of carbonyl (C=O) groups is 1. The molecule has 98 valence electrons. The number of phenols is 1. The van der Waals surface area contributed by atoms with Crippen molar-refractivity contribution in [1.82, 2.24) is 4.98 Å². The van der Waals surface area contributed by atoms with Crippen molar-refractivity contribution < 1.29 is 9.90 Å². The van der Waals surface area contributed by atoms with E-state index in [1.807, 2.05) is 13.0 Å². The molecule has 2 aromatic rings. The number of anilines is 2. The summed E-state index contributed by atoms with van der Waals surface area (Å²) in [5.41, 5.74) is 7.65. The maximum atomic E-state index is 12.0. The Balaban J connectivity index is 2.21. The highest BCUT2D eigenvalue weighted by Crippen LogP contribution is 2.24. The van der Waals surface area contributed by atoms with Gasteiger partial charge in [0.15, 0.2) is 0 Å². The van der Waals surface area contributed by atoms with Crippen molar-refractivity contribution >= 4 is 17.3 Å². The lowest BCUT2D eigenvalue weighted by atomic mass is 10.1. The number of hydrogen-bond acceptors (Lipinski definition) is 4. The topological polar surface area (TPSA) is 88.2 Å². The molecule has 0 bridgehead atoms. The van der Waals surface area contributed by atoms with E-state index in [2.05, 4.69) is 10.3 Å². The second-order valence-corrected chi connectivity index (χ2v) is 4.14. The second kappa shape index (κ2) is 5.39. The first kappa shape index (κ1) is 12.9. The number of aromatic nitrogens is 1. The van der Waals surface area contributed by atoms with E-state index in [1.54, 1.807) is 18.2 Å². The van der Waals surface area contributed by atoms with Crippen molar-refractivity contribution in [3.8, 4) is 5.75 Å². The predicted molar refractivity (Wildman–Crippen MR) is 74.1 cm³/mol. The van der Waals surface area contributed by atoms with E-state index in [0.29, 0.717) is 11.4 Å². The molecule has 5 heteroatoms. The molecule has 1 amide bonds. The van der Waals surface area contributed by atoms with Crippen LogP contribution in [0.15, 0.2) is 36.5 Å². The SMILES string of the molecule is CCc1ccc(O)c(NC(=O)c2ccc(N)cn2)c1. The summed E-state index contributed by atoms with van der Waals surface area (Å²) in [6.07, 6.45) is 2.24. The van der Waals surface area contributed by atoms with Gasteiger partial charge < -0.3 is 16.2 Å². The third-order valence-electron chi connectivity index (χ3n) is 2.74. The van der Waals surface area contributed by atoms with Gasteiger partial charge in [-0.25, -0.2) is 4.98 Å². The lowest BCUT2D eigenvalue weighted by Crippen LogP contribution is -2.14. The number of nitrogens with zero attached hydrogens (tertiary/aromatic N) is 1. The maximum Gasteiger partial charge on any atom is 0.274 e. The first-order valence-corrected chi connectivity index (χ1v) is 5.95. The zero-order valence-electron chi connectivity index (χ0n) is 10.6. The molecule has 2 rings (SSSR count). The van der Waals surface area contributed by atoms with Crippen LogP contribution in [-0.2, 0) is 6.42 Å². The maximum absolute atomic E-state index is 12.0. The van der Waals surface area contributed by atoms with Crippen molar-refractivity contribution in [2.45, 2.75) is 13.3 Å². The molecule has 0 spiro atoms. The fraction of sp³-hybridized carbons (Fsp3) is 0.143. The lowest BCUT2D eigenvalue weighted by Gasteiger charge is -2.08.